The molecule has 0 aliphatic rings. The molecule has 1 atom stereocenters. The van der Waals surface area contributed by atoms with Crippen LogP contribution in [-0.2, 0) is 0 Å². The van der Waals surface area contributed by atoms with Crippen molar-refractivity contribution < 1.29 is 4.79 Å². The number of halogens is 1. The molecule has 0 saturated heterocycles. The molecule has 76 valence electrons. The highest BCUT2D eigenvalue weighted by Gasteiger charge is 2.08. The monoisotopic (exact) mass is 256 g/mol. The normalized spacial score (nSPS) is 12.2. The third-order valence-electron chi connectivity index (χ3n) is 1.80. The fraction of sp³-hybridized carbons (Fsp3) is 0.400. The van der Waals surface area contributed by atoms with Gasteiger partial charge in [0.1, 0.15) is 0 Å². The molecule has 1 heterocycles. The van der Waals surface area contributed by atoms with Gasteiger partial charge >= 0.3 is 0 Å². The first-order valence-corrected chi connectivity index (χ1v) is 5.36. The van der Waals surface area contributed by atoms with Crippen LogP contribution < -0.4 is 5.32 Å². The van der Waals surface area contributed by atoms with E-state index in [1.54, 1.807) is 18.3 Å². The van der Waals surface area contributed by atoms with Gasteiger partial charge in [0.15, 0.2) is 0 Å². The van der Waals surface area contributed by atoms with Gasteiger partial charge in [-0.1, -0.05) is 22.9 Å². The molecule has 1 amide bonds. The fourth-order valence-corrected chi connectivity index (χ4v) is 1.21. The molecule has 1 unspecified atom stereocenters. The van der Waals surface area contributed by atoms with E-state index in [4.69, 9.17) is 0 Å². The summed E-state index contributed by atoms with van der Waals surface area (Å²) < 4.78 is 0. The maximum Gasteiger partial charge on any atom is 0.253 e. The van der Waals surface area contributed by atoms with Crippen LogP contribution in [0.25, 0.3) is 0 Å². The third-order valence-corrected chi connectivity index (χ3v) is 2.12. The summed E-state index contributed by atoms with van der Waals surface area (Å²) in [6, 6.07) is 3.54. The molecule has 0 bridgehead atoms. The van der Waals surface area contributed by atoms with Gasteiger partial charge < -0.3 is 5.32 Å². The number of carbonyl (C=O) groups excluding carboxylic acids is 1. The number of rotatable bonds is 3. The van der Waals surface area contributed by atoms with Gasteiger partial charge in [-0.2, -0.15) is 0 Å². The number of alkyl halides is 1. The van der Waals surface area contributed by atoms with Gasteiger partial charge in [0, 0.05) is 23.3 Å². The summed E-state index contributed by atoms with van der Waals surface area (Å²) in [5.41, 5.74) is 1.40. The number of nitrogens with one attached hydrogen (secondary N) is 1. The Labute approximate surface area is 92.1 Å². The molecule has 0 aliphatic carbocycles. The Bertz CT molecular complexity index is 326. The second-order valence-electron chi connectivity index (χ2n) is 3.13. The highest BCUT2D eigenvalue weighted by atomic mass is 79.9. The molecule has 0 aromatic carbocycles. The number of hydrogen-bond donors (Lipinski definition) is 1. The van der Waals surface area contributed by atoms with Gasteiger partial charge in [0.2, 0.25) is 0 Å². The summed E-state index contributed by atoms with van der Waals surface area (Å²) in [4.78, 5) is 15.9. The molecule has 1 N–H and O–H groups in total. The molecule has 1 aromatic heterocycles. The molecule has 0 radical (unpaired) electrons. The first-order chi connectivity index (χ1) is 6.61. The van der Waals surface area contributed by atoms with Crippen LogP contribution in [-0.4, -0.2) is 22.3 Å². The number of aromatic nitrogens is 1. The lowest BCUT2D eigenvalue weighted by Gasteiger charge is -2.07. The Morgan fingerprint density at radius 2 is 2.43 bits per heavy atom. The SMILES string of the molecule is Cc1ncccc1C(=O)NCC(C)Br. The predicted molar refractivity (Wildman–Crippen MR) is 59.7 cm³/mol. The number of amides is 1. The van der Waals surface area contributed by atoms with Gasteiger partial charge in [-0.3, -0.25) is 9.78 Å². The molecule has 0 fully saturated rings. The van der Waals surface area contributed by atoms with E-state index in [1.165, 1.54) is 0 Å². The van der Waals surface area contributed by atoms with Gasteiger partial charge in [0.05, 0.1) is 5.56 Å². The minimum Gasteiger partial charge on any atom is -0.351 e. The molecule has 4 heteroatoms. The standard InChI is InChI=1S/C10H13BrN2O/c1-7(11)6-13-10(14)9-4-3-5-12-8(9)2/h3-5,7H,6H2,1-2H3,(H,13,14). The van der Waals surface area contributed by atoms with E-state index in [0.717, 1.165) is 5.69 Å². The van der Waals surface area contributed by atoms with Crippen LogP contribution in [0.1, 0.15) is 23.0 Å². The number of aryl methyl sites for hydroxylation is 1. The Morgan fingerprint density at radius 1 is 1.71 bits per heavy atom. The summed E-state index contributed by atoms with van der Waals surface area (Å²) in [6.45, 7) is 4.43. The first-order valence-electron chi connectivity index (χ1n) is 4.45. The van der Waals surface area contributed by atoms with Crippen molar-refractivity contribution in [3.05, 3.63) is 29.6 Å². The second kappa shape index (κ2) is 5.10. The van der Waals surface area contributed by atoms with E-state index in [9.17, 15) is 4.79 Å². The smallest absolute Gasteiger partial charge is 0.253 e. The van der Waals surface area contributed by atoms with Gasteiger partial charge in [0.25, 0.3) is 5.91 Å². The number of pyridine rings is 1. The highest BCUT2D eigenvalue weighted by molar-refractivity contribution is 9.09. The highest BCUT2D eigenvalue weighted by Crippen LogP contribution is 2.03. The fourth-order valence-electron chi connectivity index (χ4n) is 1.05. The van der Waals surface area contributed by atoms with E-state index >= 15 is 0 Å². The van der Waals surface area contributed by atoms with E-state index in [2.05, 4.69) is 26.2 Å². The first kappa shape index (κ1) is 11.2. The van der Waals surface area contributed by atoms with Crippen molar-refractivity contribution in [1.82, 2.24) is 10.3 Å². The summed E-state index contributed by atoms with van der Waals surface area (Å²) in [7, 11) is 0. The average Bonchev–Trinajstić information content (AvgIpc) is 2.15. The van der Waals surface area contributed by atoms with Crippen LogP contribution in [0.15, 0.2) is 18.3 Å². The number of nitrogens with zero attached hydrogens (tertiary/aromatic N) is 1. The van der Waals surface area contributed by atoms with Gasteiger partial charge in [-0.25, -0.2) is 0 Å². The average molecular weight is 257 g/mol. The lowest BCUT2D eigenvalue weighted by molar-refractivity contribution is 0.0953. The zero-order valence-corrected chi connectivity index (χ0v) is 9.84. The van der Waals surface area contributed by atoms with E-state index in [1.807, 2.05) is 13.8 Å². The molecule has 1 rings (SSSR count). The van der Waals surface area contributed by atoms with Crippen molar-refractivity contribution in [1.29, 1.82) is 0 Å². The van der Waals surface area contributed by atoms with Crippen LogP contribution in [0, 0.1) is 6.92 Å². The van der Waals surface area contributed by atoms with Crippen molar-refractivity contribution in [2.75, 3.05) is 6.54 Å². The number of carbonyl (C=O) groups is 1. The zero-order valence-electron chi connectivity index (χ0n) is 8.25. The topological polar surface area (TPSA) is 42.0 Å². The van der Waals surface area contributed by atoms with E-state index < -0.39 is 0 Å². The van der Waals surface area contributed by atoms with E-state index in [-0.39, 0.29) is 10.7 Å². The van der Waals surface area contributed by atoms with Crippen LogP contribution in [0.3, 0.4) is 0 Å². The number of hydrogen-bond acceptors (Lipinski definition) is 2. The van der Waals surface area contributed by atoms with Gasteiger partial charge in [-0.05, 0) is 19.1 Å². The maximum atomic E-state index is 11.6. The van der Waals surface area contributed by atoms with Crippen LogP contribution >= 0.6 is 15.9 Å². The third kappa shape index (κ3) is 3.10. The zero-order chi connectivity index (χ0) is 10.6. The molecule has 0 spiro atoms. The van der Waals surface area contributed by atoms with Crippen LogP contribution in [0.4, 0.5) is 0 Å². The molecular weight excluding hydrogens is 244 g/mol. The van der Waals surface area contributed by atoms with Gasteiger partial charge in [-0.15, -0.1) is 0 Å². The van der Waals surface area contributed by atoms with E-state index in [0.29, 0.717) is 12.1 Å². The van der Waals surface area contributed by atoms with Crippen molar-refractivity contribution in [3.8, 4) is 0 Å². The Morgan fingerprint density at radius 3 is 3.00 bits per heavy atom. The Balaban J connectivity index is 2.65. The molecular formula is C10H13BrN2O. The summed E-state index contributed by atoms with van der Waals surface area (Å²) in [5.74, 6) is -0.0677. The van der Waals surface area contributed by atoms with Crippen molar-refractivity contribution >= 4 is 21.8 Å². The molecule has 0 saturated carbocycles. The quantitative estimate of drug-likeness (QED) is 0.840. The second-order valence-corrected chi connectivity index (χ2v) is 4.69. The minimum absolute atomic E-state index is 0.0677. The lowest BCUT2D eigenvalue weighted by Crippen LogP contribution is -2.29. The molecule has 1 aromatic rings. The summed E-state index contributed by atoms with van der Waals surface area (Å²) in [6.07, 6.45) is 1.68. The predicted octanol–water partition coefficient (Wildman–Crippen LogP) is 1.90. The largest absolute Gasteiger partial charge is 0.351 e. The Hall–Kier alpha value is -0.900. The molecule has 3 nitrogen and oxygen atoms in total. The van der Waals surface area contributed by atoms with Crippen LogP contribution in [0.5, 0.6) is 0 Å². The maximum absolute atomic E-state index is 11.6. The van der Waals surface area contributed by atoms with Crippen LogP contribution in [0.2, 0.25) is 0 Å². The van der Waals surface area contributed by atoms with Crippen molar-refractivity contribution in [2.45, 2.75) is 18.7 Å². The molecule has 0 aliphatic heterocycles. The Kier molecular flexibility index (Phi) is 4.07. The minimum atomic E-state index is -0.0677. The van der Waals surface area contributed by atoms with Crippen molar-refractivity contribution in [2.24, 2.45) is 0 Å². The molecule has 14 heavy (non-hydrogen) atoms. The summed E-state index contributed by atoms with van der Waals surface area (Å²) in [5, 5.41) is 2.81. The lowest BCUT2D eigenvalue weighted by atomic mass is 10.2. The van der Waals surface area contributed by atoms with Crippen molar-refractivity contribution in [3.63, 3.8) is 0 Å². The summed E-state index contributed by atoms with van der Waals surface area (Å²) >= 11 is 3.36.